The van der Waals surface area contributed by atoms with Gasteiger partial charge in [-0.2, -0.15) is 0 Å². The molecule has 0 fully saturated rings. The molecule has 1 aromatic rings. The summed E-state index contributed by atoms with van der Waals surface area (Å²) >= 11 is 0. The summed E-state index contributed by atoms with van der Waals surface area (Å²) in [6, 6.07) is 7.93. The van der Waals surface area contributed by atoms with Gasteiger partial charge in [0.1, 0.15) is 5.75 Å². The molecular weight excluding hydrogens is 306 g/mol. The molecular formula is C18H31N3O3. The Bertz CT molecular complexity index is 449. The first-order valence-corrected chi connectivity index (χ1v) is 8.53. The molecule has 6 heteroatoms. The smallest absolute Gasteiger partial charge is 0.190 e. The standard InChI is InChI=1S/C18H31N3O3/c1-4-23-13-5-11-20-18(19-2)21-12-6-14-24-15-16-7-9-17(22-3)10-8-16/h7-10H,4-6,11-15H2,1-3H3,(H2,19,20,21). The maximum Gasteiger partial charge on any atom is 0.190 e. The van der Waals surface area contributed by atoms with Crippen LogP contribution in [-0.4, -0.2) is 53.0 Å². The van der Waals surface area contributed by atoms with Crippen molar-refractivity contribution in [3.63, 3.8) is 0 Å². The van der Waals surface area contributed by atoms with Crippen molar-refractivity contribution in [1.82, 2.24) is 10.6 Å². The lowest BCUT2D eigenvalue weighted by atomic mass is 10.2. The number of hydrogen-bond donors (Lipinski definition) is 2. The molecule has 0 spiro atoms. The van der Waals surface area contributed by atoms with Crippen molar-refractivity contribution >= 4 is 5.96 Å². The zero-order chi connectivity index (χ0) is 17.5. The van der Waals surface area contributed by atoms with E-state index in [0.717, 1.165) is 56.4 Å². The highest BCUT2D eigenvalue weighted by molar-refractivity contribution is 5.79. The van der Waals surface area contributed by atoms with E-state index in [9.17, 15) is 0 Å². The summed E-state index contributed by atoms with van der Waals surface area (Å²) in [6.45, 7) is 6.56. The van der Waals surface area contributed by atoms with E-state index in [1.54, 1.807) is 14.2 Å². The molecule has 136 valence electrons. The Kier molecular flexibility index (Phi) is 11.5. The van der Waals surface area contributed by atoms with E-state index >= 15 is 0 Å². The second-order valence-electron chi connectivity index (χ2n) is 5.23. The van der Waals surface area contributed by atoms with Crippen LogP contribution in [0.5, 0.6) is 5.75 Å². The van der Waals surface area contributed by atoms with Crippen LogP contribution in [0.15, 0.2) is 29.3 Å². The molecule has 0 heterocycles. The van der Waals surface area contributed by atoms with Gasteiger partial charge in [-0.05, 0) is 37.5 Å². The van der Waals surface area contributed by atoms with E-state index in [4.69, 9.17) is 14.2 Å². The lowest BCUT2D eigenvalue weighted by Crippen LogP contribution is -2.38. The molecule has 0 saturated carbocycles. The molecule has 0 amide bonds. The van der Waals surface area contributed by atoms with E-state index in [-0.39, 0.29) is 0 Å². The summed E-state index contributed by atoms with van der Waals surface area (Å²) in [5.41, 5.74) is 1.15. The van der Waals surface area contributed by atoms with Gasteiger partial charge in [-0.3, -0.25) is 4.99 Å². The van der Waals surface area contributed by atoms with Gasteiger partial charge >= 0.3 is 0 Å². The normalized spacial score (nSPS) is 11.4. The van der Waals surface area contributed by atoms with Crippen molar-refractivity contribution in [1.29, 1.82) is 0 Å². The molecule has 0 saturated heterocycles. The van der Waals surface area contributed by atoms with E-state index in [2.05, 4.69) is 15.6 Å². The van der Waals surface area contributed by atoms with Crippen LogP contribution in [0.2, 0.25) is 0 Å². The third-order valence-electron chi connectivity index (χ3n) is 3.37. The average Bonchev–Trinajstić information content (AvgIpc) is 2.63. The molecule has 0 bridgehead atoms. The molecule has 1 aromatic carbocycles. The number of hydrogen-bond acceptors (Lipinski definition) is 4. The van der Waals surface area contributed by atoms with Crippen LogP contribution in [0.25, 0.3) is 0 Å². The number of aliphatic imine (C=N–C) groups is 1. The zero-order valence-corrected chi connectivity index (χ0v) is 15.1. The van der Waals surface area contributed by atoms with Crippen molar-refractivity contribution in [2.24, 2.45) is 4.99 Å². The van der Waals surface area contributed by atoms with Crippen LogP contribution in [0, 0.1) is 0 Å². The Morgan fingerprint density at radius 2 is 1.62 bits per heavy atom. The monoisotopic (exact) mass is 337 g/mol. The van der Waals surface area contributed by atoms with Gasteiger partial charge in [0.25, 0.3) is 0 Å². The molecule has 0 aliphatic carbocycles. The van der Waals surface area contributed by atoms with Gasteiger partial charge in [0.05, 0.1) is 13.7 Å². The number of benzene rings is 1. The van der Waals surface area contributed by atoms with Gasteiger partial charge in [-0.25, -0.2) is 0 Å². The Morgan fingerprint density at radius 1 is 1.00 bits per heavy atom. The van der Waals surface area contributed by atoms with Crippen molar-refractivity contribution in [3.05, 3.63) is 29.8 Å². The van der Waals surface area contributed by atoms with Crippen LogP contribution in [0.3, 0.4) is 0 Å². The summed E-state index contributed by atoms with van der Waals surface area (Å²) in [7, 11) is 3.44. The van der Waals surface area contributed by atoms with Gasteiger partial charge in [0.2, 0.25) is 0 Å². The predicted octanol–water partition coefficient (Wildman–Crippen LogP) is 2.19. The third-order valence-corrected chi connectivity index (χ3v) is 3.37. The first kappa shape index (κ1) is 20.3. The Balaban J connectivity index is 2.03. The second kappa shape index (κ2) is 13.6. The SMILES string of the molecule is CCOCCCNC(=NC)NCCCOCc1ccc(OC)cc1. The maximum absolute atomic E-state index is 5.68. The summed E-state index contributed by atoms with van der Waals surface area (Å²) in [6.07, 6.45) is 1.90. The minimum Gasteiger partial charge on any atom is -0.497 e. The Hall–Kier alpha value is -1.79. The number of guanidine groups is 1. The molecule has 24 heavy (non-hydrogen) atoms. The van der Waals surface area contributed by atoms with Crippen LogP contribution in [0.4, 0.5) is 0 Å². The second-order valence-corrected chi connectivity index (χ2v) is 5.23. The predicted molar refractivity (Wildman–Crippen MR) is 97.7 cm³/mol. The summed E-state index contributed by atoms with van der Waals surface area (Å²) in [5.74, 6) is 1.68. The average molecular weight is 337 g/mol. The highest BCUT2D eigenvalue weighted by Gasteiger charge is 1.98. The van der Waals surface area contributed by atoms with E-state index in [0.29, 0.717) is 13.2 Å². The summed E-state index contributed by atoms with van der Waals surface area (Å²) in [5, 5.41) is 6.54. The lowest BCUT2D eigenvalue weighted by molar-refractivity contribution is 0.119. The quantitative estimate of drug-likeness (QED) is 0.348. The number of rotatable bonds is 12. The number of nitrogens with one attached hydrogen (secondary N) is 2. The summed E-state index contributed by atoms with van der Waals surface area (Å²) < 4.78 is 16.1. The molecule has 6 nitrogen and oxygen atoms in total. The fraction of sp³-hybridized carbons (Fsp3) is 0.611. The largest absolute Gasteiger partial charge is 0.497 e. The maximum atomic E-state index is 5.68. The first-order chi connectivity index (χ1) is 11.8. The fourth-order valence-corrected chi connectivity index (χ4v) is 2.04. The Labute approximate surface area is 145 Å². The fourth-order valence-electron chi connectivity index (χ4n) is 2.04. The molecule has 0 unspecified atom stereocenters. The van der Waals surface area contributed by atoms with E-state index < -0.39 is 0 Å². The molecule has 0 aromatic heterocycles. The van der Waals surface area contributed by atoms with Crippen molar-refractivity contribution in [2.45, 2.75) is 26.4 Å². The minimum absolute atomic E-state index is 0.619. The lowest BCUT2D eigenvalue weighted by Gasteiger charge is -2.12. The minimum atomic E-state index is 0.619. The molecule has 0 radical (unpaired) electrons. The molecule has 0 atom stereocenters. The number of nitrogens with zero attached hydrogens (tertiary/aromatic N) is 1. The molecule has 2 N–H and O–H groups in total. The van der Waals surface area contributed by atoms with Crippen molar-refractivity contribution in [3.8, 4) is 5.75 Å². The molecule has 0 aliphatic heterocycles. The highest BCUT2D eigenvalue weighted by Crippen LogP contribution is 2.11. The van der Waals surface area contributed by atoms with Gasteiger partial charge in [0.15, 0.2) is 5.96 Å². The molecule has 0 aliphatic rings. The van der Waals surface area contributed by atoms with Gasteiger partial charge in [-0.1, -0.05) is 12.1 Å². The van der Waals surface area contributed by atoms with Crippen LogP contribution < -0.4 is 15.4 Å². The van der Waals surface area contributed by atoms with Crippen LogP contribution in [0.1, 0.15) is 25.3 Å². The van der Waals surface area contributed by atoms with Crippen molar-refractivity contribution < 1.29 is 14.2 Å². The highest BCUT2D eigenvalue weighted by atomic mass is 16.5. The van der Waals surface area contributed by atoms with Crippen LogP contribution >= 0.6 is 0 Å². The van der Waals surface area contributed by atoms with Crippen LogP contribution in [-0.2, 0) is 16.1 Å². The van der Waals surface area contributed by atoms with E-state index in [1.165, 1.54) is 0 Å². The third kappa shape index (κ3) is 9.37. The first-order valence-electron chi connectivity index (χ1n) is 8.53. The Morgan fingerprint density at radius 3 is 2.17 bits per heavy atom. The van der Waals surface area contributed by atoms with E-state index in [1.807, 2.05) is 31.2 Å². The number of methoxy groups -OCH3 is 1. The summed E-state index contributed by atoms with van der Waals surface area (Å²) in [4.78, 5) is 4.19. The topological polar surface area (TPSA) is 64.1 Å². The number of ether oxygens (including phenoxy) is 3. The zero-order valence-electron chi connectivity index (χ0n) is 15.1. The van der Waals surface area contributed by atoms with Crippen molar-refractivity contribution in [2.75, 3.05) is 47.1 Å². The van der Waals surface area contributed by atoms with Gasteiger partial charge < -0.3 is 24.8 Å². The van der Waals surface area contributed by atoms with Gasteiger partial charge in [0, 0.05) is 40.0 Å². The molecule has 1 rings (SSSR count). The van der Waals surface area contributed by atoms with Gasteiger partial charge in [-0.15, -0.1) is 0 Å².